The molecule has 0 aliphatic heterocycles. The lowest BCUT2D eigenvalue weighted by molar-refractivity contribution is 0.0952. The molecule has 0 aliphatic carbocycles. The first-order valence-corrected chi connectivity index (χ1v) is 6.37. The fraction of sp³-hybridized carbons (Fsp3) is 0.0625. The van der Waals surface area contributed by atoms with Crippen molar-refractivity contribution in [2.75, 3.05) is 0 Å². The predicted molar refractivity (Wildman–Crippen MR) is 77.6 cm³/mol. The fourth-order valence-corrected chi connectivity index (χ4v) is 2.21. The van der Waals surface area contributed by atoms with E-state index >= 15 is 0 Å². The first-order chi connectivity index (χ1) is 9.75. The number of hydrogen-bond donors (Lipinski definition) is 3. The quantitative estimate of drug-likeness (QED) is 0.682. The molecule has 0 spiro atoms. The maximum absolute atomic E-state index is 12.2. The molecule has 0 unspecified atom stereocenters. The van der Waals surface area contributed by atoms with Crippen molar-refractivity contribution in [3.63, 3.8) is 0 Å². The molecular weight excluding hydrogens is 252 g/mol. The molecule has 0 bridgehead atoms. The van der Waals surface area contributed by atoms with Gasteiger partial charge >= 0.3 is 0 Å². The van der Waals surface area contributed by atoms with Crippen LogP contribution < -0.4 is 5.32 Å². The topological polar surface area (TPSA) is 65.1 Å². The van der Waals surface area contributed by atoms with Gasteiger partial charge < -0.3 is 15.4 Å². The van der Waals surface area contributed by atoms with Gasteiger partial charge in [-0.25, -0.2) is 0 Å². The van der Waals surface area contributed by atoms with Crippen LogP contribution in [0.15, 0.2) is 54.7 Å². The summed E-state index contributed by atoms with van der Waals surface area (Å²) in [6.45, 7) is 0.298. The van der Waals surface area contributed by atoms with Gasteiger partial charge in [0.25, 0.3) is 5.91 Å². The predicted octanol–water partition coefficient (Wildman–Crippen LogP) is 2.80. The molecule has 1 aromatic heterocycles. The summed E-state index contributed by atoms with van der Waals surface area (Å²) >= 11 is 0. The van der Waals surface area contributed by atoms with E-state index in [2.05, 4.69) is 10.3 Å². The van der Waals surface area contributed by atoms with Gasteiger partial charge in [0, 0.05) is 34.8 Å². The second kappa shape index (κ2) is 5.09. The number of para-hydroxylation sites is 1. The third-order valence-electron chi connectivity index (χ3n) is 3.27. The van der Waals surface area contributed by atoms with E-state index in [0.29, 0.717) is 17.7 Å². The van der Waals surface area contributed by atoms with Gasteiger partial charge in [-0.2, -0.15) is 0 Å². The van der Waals surface area contributed by atoms with Crippen LogP contribution in [0.2, 0.25) is 0 Å². The Bertz CT molecular complexity index is 762. The lowest BCUT2D eigenvalue weighted by Crippen LogP contribution is -2.22. The monoisotopic (exact) mass is 266 g/mol. The Morgan fingerprint density at radius 1 is 1.10 bits per heavy atom. The number of phenolic OH excluding ortho intramolecular Hbond substituents is 1. The van der Waals surface area contributed by atoms with Gasteiger partial charge in [-0.05, 0) is 24.3 Å². The number of benzene rings is 2. The van der Waals surface area contributed by atoms with Crippen LogP contribution in [0.1, 0.15) is 15.9 Å². The van der Waals surface area contributed by atoms with Crippen LogP contribution in [0.25, 0.3) is 10.9 Å². The molecule has 3 rings (SSSR count). The number of nitrogens with one attached hydrogen (secondary N) is 2. The van der Waals surface area contributed by atoms with Crippen LogP contribution in [0, 0.1) is 0 Å². The number of phenols is 1. The number of carbonyl (C=O) groups excluding carboxylic acids is 1. The molecule has 4 nitrogen and oxygen atoms in total. The zero-order valence-corrected chi connectivity index (χ0v) is 10.8. The van der Waals surface area contributed by atoms with Gasteiger partial charge in [-0.3, -0.25) is 4.79 Å². The lowest BCUT2D eigenvalue weighted by Gasteiger charge is -2.07. The number of aromatic nitrogens is 1. The van der Waals surface area contributed by atoms with Crippen molar-refractivity contribution in [3.8, 4) is 5.75 Å². The first-order valence-electron chi connectivity index (χ1n) is 6.37. The highest BCUT2D eigenvalue weighted by atomic mass is 16.3. The summed E-state index contributed by atoms with van der Waals surface area (Å²) in [5.41, 5.74) is 2.25. The SMILES string of the molecule is O=C(NCc1ccccc1O)c1cccc2[nH]ccc12. The van der Waals surface area contributed by atoms with Gasteiger partial charge in [0.1, 0.15) is 5.75 Å². The smallest absolute Gasteiger partial charge is 0.252 e. The van der Waals surface area contributed by atoms with Crippen LogP contribution in [0.5, 0.6) is 5.75 Å². The van der Waals surface area contributed by atoms with Gasteiger partial charge in [-0.1, -0.05) is 24.3 Å². The molecule has 0 saturated heterocycles. The first kappa shape index (κ1) is 12.3. The summed E-state index contributed by atoms with van der Waals surface area (Å²) < 4.78 is 0. The van der Waals surface area contributed by atoms with Crippen LogP contribution in [0.3, 0.4) is 0 Å². The second-order valence-electron chi connectivity index (χ2n) is 4.56. The number of hydrogen-bond acceptors (Lipinski definition) is 2. The van der Waals surface area contributed by atoms with Crippen molar-refractivity contribution >= 4 is 16.8 Å². The summed E-state index contributed by atoms with van der Waals surface area (Å²) in [5, 5.41) is 13.4. The number of carbonyl (C=O) groups is 1. The minimum Gasteiger partial charge on any atom is -0.508 e. The molecule has 3 N–H and O–H groups in total. The van der Waals surface area contributed by atoms with Crippen molar-refractivity contribution in [3.05, 3.63) is 65.9 Å². The van der Waals surface area contributed by atoms with E-state index in [1.54, 1.807) is 24.3 Å². The van der Waals surface area contributed by atoms with E-state index in [0.717, 1.165) is 10.9 Å². The van der Waals surface area contributed by atoms with Crippen LogP contribution in [-0.4, -0.2) is 16.0 Å². The standard InChI is InChI=1S/C16H14N2O2/c19-15-7-2-1-4-11(15)10-18-16(20)13-5-3-6-14-12(13)8-9-17-14/h1-9,17,19H,10H2,(H,18,20). The summed E-state index contributed by atoms with van der Waals surface area (Å²) in [5.74, 6) is 0.0334. The number of rotatable bonds is 3. The molecule has 20 heavy (non-hydrogen) atoms. The normalized spacial score (nSPS) is 10.6. The Labute approximate surface area is 116 Å². The molecule has 3 aromatic rings. The minimum absolute atomic E-state index is 0.154. The molecule has 0 radical (unpaired) electrons. The van der Waals surface area contributed by atoms with Crippen molar-refractivity contribution in [1.82, 2.24) is 10.3 Å². The van der Waals surface area contributed by atoms with E-state index in [1.807, 2.05) is 30.5 Å². The number of fused-ring (bicyclic) bond motifs is 1. The Morgan fingerprint density at radius 2 is 1.95 bits per heavy atom. The lowest BCUT2D eigenvalue weighted by atomic mass is 10.1. The van der Waals surface area contributed by atoms with E-state index in [1.165, 1.54) is 0 Å². The molecule has 1 heterocycles. The van der Waals surface area contributed by atoms with E-state index in [-0.39, 0.29) is 11.7 Å². The summed E-state index contributed by atoms with van der Waals surface area (Å²) in [4.78, 5) is 15.3. The van der Waals surface area contributed by atoms with Crippen molar-refractivity contribution in [2.24, 2.45) is 0 Å². The molecule has 0 aliphatic rings. The van der Waals surface area contributed by atoms with Gasteiger partial charge in [0.2, 0.25) is 0 Å². The summed E-state index contributed by atoms with van der Waals surface area (Å²) in [7, 11) is 0. The van der Waals surface area contributed by atoms with E-state index in [4.69, 9.17) is 0 Å². The van der Waals surface area contributed by atoms with Gasteiger partial charge in [0.15, 0.2) is 0 Å². The minimum atomic E-state index is -0.154. The highest BCUT2D eigenvalue weighted by Crippen LogP contribution is 2.18. The Balaban J connectivity index is 1.80. The largest absolute Gasteiger partial charge is 0.508 e. The van der Waals surface area contributed by atoms with E-state index in [9.17, 15) is 9.90 Å². The maximum Gasteiger partial charge on any atom is 0.252 e. The summed E-state index contributed by atoms with van der Waals surface area (Å²) in [6, 6.07) is 14.4. The van der Waals surface area contributed by atoms with E-state index < -0.39 is 0 Å². The highest BCUT2D eigenvalue weighted by Gasteiger charge is 2.10. The van der Waals surface area contributed by atoms with Crippen molar-refractivity contribution < 1.29 is 9.90 Å². The molecule has 2 aromatic carbocycles. The molecule has 100 valence electrons. The Kier molecular flexibility index (Phi) is 3.13. The second-order valence-corrected chi connectivity index (χ2v) is 4.56. The average molecular weight is 266 g/mol. The molecule has 0 atom stereocenters. The fourth-order valence-electron chi connectivity index (χ4n) is 2.21. The Hall–Kier alpha value is -2.75. The number of aromatic hydroxyl groups is 1. The third kappa shape index (κ3) is 2.23. The molecular formula is C16H14N2O2. The van der Waals surface area contributed by atoms with Crippen LogP contribution in [0.4, 0.5) is 0 Å². The molecule has 4 heteroatoms. The average Bonchev–Trinajstić information content (AvgIpc) is 2.94. The van der Waals surface area contributed by atoms with Gasteiger partial charge in [0.05, 0.1) is 0 Å². The molecule has 0 saturated carbocycles. The van der Waals surface area contributed by atoms with Crippen molar-refractivity contribution in [2.45, 2.75) is 6.54 Å². The number of aromatic amines is 1. The molecule has 1 amide bonds. The number of H-pyrrole nitrogens is 1. The third-order valence-corrected chi connectivity index (χ3v) is 3.27. The molecule has 0 fully saturated rings. The zero-order valence-electron chi connectivity index (χ0n) is 10.8. The van der Waals surface area contributed by atoms with Crippen LogP contribution >= 0.6 is 0 Å². The number of amides is 1. The highest BCUT2D eigenvalue weighted by molar-refractivity contribution is 6.06. The Morgan fingerprint density at radius 3 is 2.80 bits per heavy atom. The maximum atomic E-state index is 12.2. The zero-order chi connectivity index (χ0) is 13.9. The van der Waals surface area contributed by atoms with Crippen molar-refractivity contribution in [1.29, 1.82) is 0 Å². The summed E-state index contributed by atoms with van der Waals surface area (Å²) in [6.07, 6.45) is 1.81. The van der Waals surface area contributed by atoms with Gasteiger partial charge in [-0.15, -0.1) is 0 Å². The van der Waals surface area contributed by atoms with Crippen LogP contribution in [-0.2, 0) is 6.54 Å².